The fourth-order valence-corrected chi connectivity index (χ4v) is 0.777. The first kappa shape index (κ1) is 13.2. The van der Waals surface area contributed by atoms with Crippen molar-refractivity contribution in [3.8, 4) is 0 Å². The van der Waals surface area contributed by atoms with Gasteiger partial charge in [0.2, 0.25) is 11.8 Å². The number of carbonyl (C=O) groups excluding carboxylic acids is 2. The molecule has 0 atom stereocenters. The van der Waals surface area contributed by atoms with Crippen LogP contribution in [0.15, 0.2) is 23.9 Å². The molecule has 6 N–H and O–H groups in total. The van der Waals surface area contributed by atoms with Gasteiger partial charge in [-0.05, 0) is 6.08 Å². The van der Waals surface area contributed by atoms with Gasteiger partial charge in [-0.15, -0.1) is 0 Å². The van der Waals surface area contributed by atoms with E-state index in [-0.39, 0.29) is 11.5 Å². The number of nitrogens with two attached hydrogens (primary N) is 2. The molecule has 84 valence electrons. The Morgan fingerprint density at radius 2 is 2.00 bits per heavy atom. The van der Waals surface area contributed by atoms with Crippen molar-refractivity contribution in [3.63, 3.8) is 0 Å². The first-order valence-corrected chi connectivity index (χ1v) is 4.45. The molecule has 0 spiro atoms. The van der Waals surface area contributed by atoms with E-state index in [4.69, 9.17) is 11.5 Å². The second-order valence-corrected chi connectivity index (χ2v) is 2.67. The largest absolute Gasteiger partial charge is 0.393 e. The number of amides is 2. The number of hydrogen-bond donors (Lipinski definition) is 4. The molecule has 0 rings (SSSR count). The Balaban J connectivity index is 4.28. The molecule has 0 aliphatic rings. The van der Waals surface area contributed by atoms with Crippen LogP contribution in [0.1, 0.15) is 0 Å². The predicted molar refractivity (Wildman–Crippen MR) is 57.5 cm³/mol. The summed E-state index contributed by atoms with van der Waals surface area (Å²) in [4.78, 5) is 21.9. The van der Waals surface area contributed by atoms with E-state index >= 15 is 0 Å². The van der Waals surface area contributed by atoms with E-state index in [1.54, 1.807) is 7.05 Å². The fraction of sp³-hybridized carbons (Fsp3) is 0.333. The van der Waals surface area contributed by atoms with Crippen LogP contribution in [0.2, 0.25) is 0 Å². The lowest BCUT2D eigenvalue weighted by Gasteiger charge is -1.98. The highest BCUT2D eigenvalue weighted by Crippen LogP contribution is 1.93. The molecule has 6 nitrogen and oxygen atoms in total. The summed E-state index contributed by atoms with van der Waals surface area (Å²) >= 11 is 0. The highest BCUT2D eigenvalue weighted by molar-refractivity contribution is 5.97. The summed E-state index contributed by atoms with van der Waals surface area (Å²) in [6, 6.07) is 0. The maximum absolute atomic E-state index is 11.1. The number of hydrogen-bond acceptors (Lipinski definition) is 4. The third-order valence-electron chi connectivity index (χ3n) is 1.44. The summed E-state index contributed by atoms with van der Waals surface area (Å²) in [7, 11) is 1.63. The molecule has 0 radical (unpaired) electrons. The SMILES string of the molecule is CN/C=C(/C=C/C(=O)NCCN)C(N)=O. The van der Waals surface area contributed by atoms with E-state index < -0.39 is 5.91 Å². The zero-order valence-electron chi connectivity index (χ0n) is 8.62. The Morgan fingerprint density at radius 3 is 2.47 bits per heavy atom. The van der Waals surface area contributed by atoms with Crippen molar-refractivity contribution in [2.75, 3.05) is 20.1 Å². The lowest BCUT2D eigenvalue weighted by atomic mass is 10.2. The van der Waals surface area contributed by atoms with Gasteiger partial charge in [-0.25, -0.2) is 0 Å². The number of carbonyl (C=O) groups is 2. The van der Waals surface area contributed by atoms with Gasteiger partial charge in [-0.2, -0.15) is 0 Å². The average Bonchev–Trinajstić information content (AvgIpc) is 2.20. The summed E-state index contributed by atoms with van der Waals surface area (Å²) in [6.07, 6.45) is 3.98. The van der Waals surface area contributed by atoms with Gasteiger partial charge in [0.25, 0.3) is 0 Å². The van der Waals surface area contributed by atoms with Gasteiger partial charge in [0.05, 0.1) is 5.57 Å². The van der Waals surface area contributed by atoms with Crippen molar-refractivity contribution in [2.24, 2.45) is 11.5 Å². The molecule has 0 aliphatic carbocycles. The lowest BCUT2D eigenvalue weighted by Crippen LogP contribution is -2.27. The Hall–Kier alpha value is -1.82. The van der Waals surface area contributed by atoms with Gasteiger partial charge in [0.15, 0.2) is 0 Å². The lowest BCUT2D eigenvalue weighted by molar-refractivity contribution is -0.116. The molecular formula is C9H16N4O2. The van der Waals surface area contributed by atoms with Gasteiger partial charge in [0.1, 0.15) is 0 Å². The van der Waals surface area contributed by atoms with E-state index in [0.717, 1.165) is 0 Å². The van der Waals surface area contributed by atoms with Crippen LogP contribution in [0.5, 0.6) is 0 Å². The first-order valence-electron chi connectivity index (χ1n) is 4.45. The van der Waals surface area contributed by atoms with E-state index in [9.17, 15) is 9.59 Å². The summed E-state index contributed by atoms with van der Waals surface area (Å²) in [6.45, 7) is 0.763. The fourth-order valence-electron chi connectivity index (χ4n) is 0.777. The topological polar surface area (TPSA) is 110 Å². The van der Waals surface area contributed by atoms with Crippen LogP contribution in [-0.4, -0.2) is 32.0 Å². The van der Waals surface area contributed by atoms with Crippen molar-refractivity contribution in [1.82, 2.24) is 10.6 Å². The second kappa shape index (κ2) is 7.57. The van der Waals surface area contributed by atoms with Crippen LogP contribution in [0.25, 0.3) is 0 Å². The molecule has 0 aliphatic heterocycles. The number of nitrogens with one attached hydrogen (secondary N) is 2. The maximum atomic E-state index is 11.1. The van der Waals surface area contributed by atoms with Gasteiger partial charge >= 0.3 is 0 Å². The van der Waals surface area contributed by atoms with Crippen LogP contribution < -0.4 is 22.1 Å². The molecule has 0 unspecified atom stereocenters. The van der Waals surface area contributed by atoms with Crippen LogP contribution in [-0.2, 0) is 9.59 Å². The Labute approximate surface area is 88.4 Å². The van der Waals surface area contributed by atoms with E-state index in [1.165, 1.54) is 18.4 Å². The van der Waals surface area contributed by atoms with Crippen molar-refractivity contribution in [3.05, 3.63) is 23.9 Å². The Morgan fingerprint density at radius 1 is 1.33 bits per heavy atom. The van der Waals surface area contributed by atoms with E-state index in [2.05, 4.69) is 10.6 Å². The average molecular weight is 212 g/mol. The zero-order chi connectivity index (χ0) is 11.7. The standard InChI is InChI=1S/C9H16N4O2/c1-12-6-7(9(11)15)2-3-8(14)13-5-4-10/h2-3,6,12H,4-5,10H2,1H3,(H2,11,15)(H,13,14)/b3-2+,7-6-. The summed E-state index contributed by atoms with van der Waals surface area (Å²) in [5.41, 5.74) is 10.5. The summed E-state index contributed by atoms with van der Waals surface area (Å²) in [5, 5.41) is 5.17. The van der Waals surface area contributed by atoms with Gasteiger partial charge in [-0.1, -0.05) is 0 Å². The van der Waals surface area contributed by atoms with E-state index in [1.807, 2.05) is 0 Å². The third kappa shape index (κ3) is 6.28. The quantitative estimate of drug-likeness (QED) is 0.308. The molecule has 15 heavy (non-hydrogen) atoms. The Kier molecular flexibility index (Phi) is 6.65. The van der Waals surface area contributed by atoms with Gasteiger partial charge in [-0.3, -0.25) is 9.59 Å². The molecule has 0 bridgehead atoms. The minimum atomic E-state index is -0.604. The summed E-state index contributed by atoms with van der Waals surface area (Å²) < 4.78 is 0. The van der Waals surface area contributed by atoms with Crippen molar-refractivity contribution in [2.45, 2.75) is 0 Å². The molecule has 6 heteroatoms. The van der Waals surface area contributed by atoms with Crippen LogP contribution in [0.4, 0.5) is 0 Å². The molecule has 2 amide bonds. The molecular weight excluding hydrogens is 196 g/mol. The molecule has 0 aromatic rings. The normalized spacial score (nSPS) is 11.5. The van der Waals surface area contributed by atoms with Gasteiger partial charge in [0, 0.05) is 32.4 Å². The minimum Gasteiger partial charge on any atom is -0.393 e. The van der Waals surface area contributed by atoms with Crippen molar-refractivity contribution < 1.29 is 9.59 Å². The van der Waals surface area contributed by atoms with E-state index in [0.29, 0.717) is 13.1 Å². The predicted octanol–water partition coefficient (Wildman–Crippen LogP) is -1.79. The molecule has 0 heterocycles. The number of rotatable bonds is 6. The molecule has 0 aromatic carbocycles. The zero-order valence-corrected chi connectivity index (χ0v) is 8.62. The molecule has 0 saturated heterocycles. The smallest absolute Gasteiger partial charge is 0.250 e. The molecule has 0 fully saturated rings. The van der Waals surface area contributed by atoms with Crippen LogP contribution >= 0.6 is 0 Å². The van der Waals surface area contributed by atoms with Crippen LogP contribution in [0, 0.1) is 0 Å². The second-order valence-electron chi connectivity index (χ2n) is 2.67. The molecule has 0 aromatic heterocycles. The molecule has 0 saturated carbocycles. The van der Waals surface area contributed by atoms with Crippen LogP contribution in [0.3, 0.4) is 0 Å². The summed E-state index contributed by atoms with van der Waals surface area (Å²) in [5.74, 6) is -0.920. The van der Waals surface area contributed by atoms with Crippen molar-refractivity contribution >= 4 is 11.8 Å². The monoisotopic (exact) mass is 212 g/mol. The first-order chi connectivity index (χ1) is 7.11. The number of primary amides is 1. The third-order valence-corrected chi connectivity index (χ3v) is 1.44. The Bertz CT molecular complexity index is 284. The van der Waals surface area contributed by atoms with Crippen molar-refractivity contribution in [1.29, 1.82) is 0 Å². The van der Waals surface area contributed by atoms with Gasteiger partial charge < -0.3 is 22.1 Å². The maximum Gasteiger partial charge on any atom is 0.250 e. The highest BCUT2D eigenvalue weighted by Gasteiger charge is 2.00. The highest BCUT2D eigenvalue weighted by atomic mass is 16.2. The minimum absolute atomic E-state index is 0.223.